The second-order valence-electron chi connectivity index (χ2n) is 4.61. The fourth-order valence-corrected chi connectivity index (χ4v) is 1.87. The molecule has 19 heavy (non-hydrogen) atoms. The summed E-state index contributed by atoms with van der Waals surface area (Å²) < 4.78 is 13.4. The molecule has 0 heterocycles. The fraction of sp³-hybridized carbons (Fsp3) is 0.250. The molecule has 3 heteroatoms. The van der Waals surface area contributed by atoms with Crippen molar-refractivity contribution < 1.29 is 9.50 Å². The average Bonchev–Trinajstić information content (AvgIpc) is 2.42. The fourth-order valence-electron chi connectivity index (χ4n) is 1.87. The lowest BCUT2D eigenvalue weighted by Gasteiger charge is -2.08. The third kappa shape index (κ3) is 3.80. The Morgan fingerprint density at radius 2 is 1.74 bits per heavy atom. The Labute approximate surface area is 112 Å². The maximum absolute atomic E-state index is 13.4. The molecule has 0 fully saturated rings. The predicted octanol–water partition coefficient (Wildman–Crippen LogP) is 3.28. The zero-order valence-electron chi connectivity index (χ0n) is 11.0. The van der Waals surface area contributed by atoms with E-state index in [1.807, 2.05) is 30.3 Å². The van der Waals surface area contributed by atoms with E-state index in [9.17, 15) is 4.39 Å². The molecule has 0 amide bonds. The van der Waals surface area contributed by atoms with Crippen molar-refractivity contribution in [3.8, 4) is 0 Å². The van der Waals surface area contributed by atoms with Crippen molar-refractivity contribution in [3.05, 3.63) is 65.0 Å². The van der Waals surface area contributed by atoms with E-state index in [2.05, 4.69) is 5.32 Å². The molecule has 0 atom stereocenters. The summed E-state index contributed by atoms with van der Waals surface area (Å²) in [5, 5.41) is 12.1. The first-order valence-electron chi connectivity index (χ1n) is 6.38. The van der Waals surface area contributed by atoms with Crippen LogP contribution in [0.25, 0.3) is 0 Å². The first kappa shape index (κ1) is 13.6. The number of benzene rings is 2. The van der Waals surface area contributed by atoms with Crippen molar-refractivity contribution in [2.45, 2.75) is 19.9 Å². The normalized spacial score (nSPS) is 10.5. The lowest BCUT2D eigenvalue weighted by molar-refractivity contribution is 0.299. The second kappa shape index (κ2) is 6.34. The van der Waals surface area contributed by atoms with Crippen LogP contribution >= 0.6 is 0 Å². The molecule has 0 aliphatic carbocycles. The minimum atomic E-state index is -0.169. The molecule has 0 saturated heterocycles. The number of rotatable bonds is 5. The number of hydrogen-bond donors (Lipinski definition) is 2. The highest BCUT2D eigenvalue weighted by molar-refractivity contribution is 5.45. The smallest absolute Gasteiger partial charge is 0.126 e. The van der Waals surface area contributed by atoms with Crippen LogP contribution in [0.5, 0.6) is 0 Å². The molecule has 0 spiro atoms. The summed E-state index contributed by atoms with van der Waals surface area (Å²) in [6.45, 7) is 2.51. The Kier molecular flexibility index (Phi) is 4.53. The Morgan fingerprint density at radius 3 is 2.37 bits per heavy atom. The molecule has 100 valence electrons. The van der Waals surface area contributed by atoms with Crippen molar-refractivity contribution in [2.24, 2.45) is 0 Å². The van der Waals surface area contributed by atoms with Gasteiger partial charge < -0.3 is 10.4 Å². The number of anilines is 1. The minimum Gasteiger partial charge on any atom is -0.396 e. The lowest BCUT2D eigenvalue weighted by Crippen LogP contribution is -2.00. The topological polar surface area (TPSA) is 32.3 Å². The highest BCUT2D eigenvalue weighted by Crippen LogP contribution is 2.13. The van der Waals surface area contributed by atoms with E-state index in [1.165, 1.54) is 0 Å². The van der Waals surface area contributed by atoms with Gasteiger partial charge in [0.25, 0.3) is 0 Å². The molecular formula is C16H18FNO. The van der Waals surface area contributed by atoms with Gasteiger partial charge in [0.05, 0.1) is 0 Å². The highest BCUT2D eigenvalue weighted by atomic mass is 19.1. The summed E-state index contributed by atoms with van der Waals surface area (Å²) in [7, 11) is 0. The van der Waals surface area contributed by atoms with E-state index in [0.717, 1.165) is 16.8 Å². The van der Waals surface area contributed by atoms with Gasteiger partial charge in [0.2, 0.25) is 0 Å². The Bertz CT molecular complexity index is 537. The van der Waals surface area contributed by atoms with Gasteiger partial charge in [-0.2, -0.15) is 0 Å². The van der Waals surface area contributed by atoms with Gasteiger partial charge in [0, 0.05) is 18.8 Å². The standard InChI is InChI=1S/C16H18FNO/c1-12-2-3-14(10-16(12)17)11-18-15-6-4-13(5-7-15)8-9-19/h2-7,10,18-19H,8-9,11H2,1H3. The van der Waals surface area contributed by atoms with Crippen LogP contribution in [-0.4, -0.2) is 11.7 Å². The number of halogens is 1. The van der Waals surface area contributed by atoms with E-state index < -0.39 is 0 Å². The van der Waals surface area contributed by atoms with Crippen molar-refractivity contribution in [3.63, 3.8) is 0 Å². The van der Waals surface area contributed by atoms with Crippen molar-refractivity contribution >= 4 is 5.69 Å². The summed E-state index contributed by atoms with van der Waals surface area (Å²) >= 11 is 0. The lowest BCUT2D eigenvalue weighted by atomic mass is 10.1. The number of aliphatic hydroxyl groups excluding tert-OH is 1. The van der Waals surface area contributed by atoms with Gasteiger partial charge in [-0.15, -0.1) is 0 Å². The van der Waals surface area contributed by atoms with Crippen LogP contribution in [0, 0.1) is 12.7 Å². The van der Waals surface area contributed by atoms with Crippen LogP contribution in [0.15, 0.2) is 42.5 Å². The molecule has 2 N–H and O–H groups in total. The molecule has 0 aromatic heterocycles. The first-order valence-corrected chi connectivity index (χ1v) is 6.38. The van der Waals surface area contributed by atoms with Gasteiger partial charge in [-0.1, -0.05) is 24.3 Å². The van der Waals surface area contributed by atoms with Crippen LogP contribution in [-0.2, 0) is 13.0 Å². The molecule has 2 nitrogen and oxygen atoms in total. The minimum absolute atomic E-state index is 0.162. The van der Waals surface area contributed by atoms with Crippen LogP contribution in [0.4, 0.5) is 10.1 Å². The SMILES string of the molecule is Cc1ccc(CNc2ccc(CCO)cc2)cc1F. The van der Waals surface area contributed by atoms with E-state index in [-0.39, 0.29) is 12.4 Å². The third-order valence-electron chi connectivity index (χ3n) is 3.09. The van der Waals surface area contributed by atoms with Gasteiger partial charge >= 0.3 is 0 Å². The van der Waals surface area contributed by atoms with Gasteiger partial charge in [-0.05, 0) is 48.2 Å². The monoisotopic (exact) mass is 259 g/mol. The van der Waals surface area contributed by atoms with Crippen molar-refractivity contribution in [2.75, 3.05) is 11.9 Å². The van der Waals surface area contributed by atoms with Crippen LogP contribution in [0.2, 0.25) is 0 Å². The van der Waals surface area contributed by atoms with Crippen molar-refractivity contribution in [1.29, 1.82) is 0 Å². The molecule has 2 aromatic carbocycles. The largest absolute Gasteiger partial charge is 0.396 e. The van der Waals surface area contributed by atoms with Gasteiger partial charge in [0.15, 0.2) is 0 Å². The molecular weight excluding hydrogens is 241 g/mol. The second-order valence-corrected chi connectivity index (χ2v) is 4.61. The summed E-state index contributed by atoms with van der Waals surface area (Å²) in [6, 6.07) is 13.2. The Balaban J connectivity index is 1.96. The van der Waals surface area contributed by atoms with Crippen LogP contribution in [0.1, 0.15) is 16.7 Å². The van der Waals surface area contributed by atoms with E-state index in [0.29, 0.717) is 18.5 Å². The maximum Gasteiger partial charge on any atom is 0.126 e. The van der Waals surface area contributed by atoms with E-state index in [4.69, 9.17) is 5.11 Å². The number of aryl methyl sites for hydroxylation is 1. The molecule has 0 aliphatic heterocycles. The summed E-state index contributed by atoms with van der Waals surface area (Å²) in [5.74, 6) is -0.169. The number of aliphatic hydroxyl groups is 1. The van der Waals surface area contributed by atoms with Gasteiger partial charge in [-0.3, -0.25) is 0 Å². The van der Waals surface area contributed by atoms with Gasteiger partial charge in [0.1, 0.15) is 5.82 Å². The van der Waals surface area contributed by atoms with Crippen LogP contribution < -0.4 is 5.32 Å². The van der Waals surface area contributed by atoms with E-state index in [1.54, 1.807) is 19.1 Å². The molecule has 2 rings (SSSR count). The molecule has 0 saturated carbocycles. The average molecular weight is 259 g/mol. The Hall–Kier alpha value is -1.87. The predicted molar refractivity (Wildman–Crippen MR) is 75.7 cm³/mol. The van der Waals surface area contributed by atoms with Gasteiger partial charge in [-0.25, -0.2) is 4.39 Å². The molecule has 0 radical (unpaired) electrons. The molecule has 0 unspecified atom stereocenters. The highest BCUT2D eigenvalue weighted by Gasteiger charge is 2.00. The summed E-state index contributed by atoms with van der Waals surface area (Å²) in [6.07, 6.45) is 0.670. The molecule has 2 aromatic rings. The molecule has 0 aliphatic rings. The summed E-state index contributed by atoms with van der Waals surface area (Å²) in [4.78, 5) is 0. The Morgan fingerprint density at radius 1 is 1.05 bits per heavy atom. The zero-order chi connectivity index (χ0) is 13.7. The third-order valence-corrected chi connectivity index (χ3v) is 3.09. The maximum atomic E-state index is 13.4. The van der Waals surface area contributed by atoms with Crippen molar-refractivity contribution in [1.82, 2.24) is 0 Å². The quantitative estimate of drug-likeness (QED) is 0.863. The zero-order valence-corrected chi connectivity index (χ0v) is 11.0. The first-order chi connectivity index (χ1) is 9.19. The summed E-state index contributed by atoms with van der Waals surface area (Å²) in [5.41, 5.74) is 3.68. The van der Waals surface area contributed by atoms with E-state index >= 15 is 0 Å². The number of nitrogens with one attached hydrogen (secondary N) is 1. The number of hydrogen-bond acceptors (Lipinski definition) is 2. The molecule has 0 bridgehead atoms. The van der Waals surface area contributed by atoms with Crippen LogP contribution in [0.3, 0.4) is 0 Å².